The van der Waals surface area contributed by atoms with Crippen molar-refractivity contribution in [1.29, 1.82) is 0 Å². The Balaban J connectivity index is 1.62. The van der Waals surface area contributed by atoms with Gasteiger partial charge in [0.1, 0.15) is 5.69 Å². The van der Waals surface area contributed by atoms with Crippen LogP contribution in [-0.4, -0.2) is 63.7 Å². The first-order valence-electron chi connectivity index (χ1n) is 9.16. The minimum absolute atomic E-state index is 0.0746. The molecule has 2 aliphatic rings. The van der Waals surface area contributed by atoms with E-state index < -0.39 is 14.9 Å². The fourth-order valence-electron chi connectivity index (χ4n) is 2.84. The van der Waals surface area contributed by atoms with E-state index in [-0.39, 0.29) is 23.7 Å². The molecule has 0 amide bonds. The van der Waals surface area contributed by atoms with Crippen LogP contribution in [-0.2, 0) is 19.5 Å². The van der Waals surface area contributed by atoms with Crippen molar-refractivity contribution >= 4 is 21.4 Å². The molecule has 1 aliphatic carbocycles. The van der Waals surface area contributed by atoms with Gasteiger partial charge in [-0.15, -0.1) is 0 Å². The first-order valence-corrected chi connectivity index (χ1v) is 10.6. The monoisotopic (exact) mass is 399 g/mol. The molecule has 1 aromatic carbocycles. The van der Waals surface area contributed by atoms with Crippen molar-refractivity contribution in [3.63, 3.8) is 0 Å². The van der Waals surface area contributed by atoms with E-state index in [0.29, 0.717) is 38.0 Å². The number of rotatable bonds is 10. The zero-order valence-corrected chi connectivity index (χ0v) is 15.9. The van der Waals surface area contributed by atoms with E-state index >= 15 is 0 Å². The van der Waals surface area contributed by atoms with Crippen molar-refractivity contribution in [3.8, 4) is 0 Å². The zero-order valence-electron chi connectivity index (χ0n) is 15.1. The number of nitro benzene ring substituents is 1. The lowest BCUT2D eigenvalue weighted by molar-refractivity contribution is -0.384. The Kier molecular flexibility index (Phi) is 6.64. The van der Waals surface area contributed by atoms with E-state index in [0.717, 1.165) is 19.1 Å². The average Bonchev–Trinajstić information content (AvgIpc) is 3.49. The summed E-state index contributed by atoms with van der Waals surface area (Å²) in [4.78, 5) is 10.8. The average molecular weight is 399 g/mol. The summed E-state index contributed by atoms with van der Waals surface area (Å²) >= 11 is 0. The molecule has 1 aliphatic heterocycles. The van der Waals surface area contributed by atoms with Gasteiger partial charge in [-0.2, -0.15) is 4.31 Å². The summed E-state index contributed by atoms with van der Waals surface area (Å²) in [6.45, 7) is 3.04. The van der Waals surface area contributed by atoms with Crippen LogP contribution in [0.4, 0.5) is 11.4 Å². The third-order valence-electron chi connectivity index (χ3n) is 4.61. The van der Waals surface area contributed by atoms with Gasteiger partial charge in [0, 0.05) is 38.9 Å². The van der Waals surface area contributed by atoms with E-state index in [1.807, 2.05) is 0 Å². The maximum Gasteiger partial charge on any atom is 0.293 e. The molecule has 0 unspecified atom stereocenters. The van der Waals surface area contributed by atoms with Crippen LogP contribution in [0.5, 0.6) is 0 Å². The topological polar surface area (TPSA) is 111 Å². The second kappa shape index (κ2) is 8.96. The summed E-state index contributed by atoms with van der Waals surface area (Å²) < 4.78 is 37.3. The van der Waals surface area contributed by atoms with Gasteiger partial charge in [0.15, 0.2) is 0 Å². The lowest BCUT2D eigenvalue weighted by atomic mass is 10.2. The molecule has 1 N–H and O–H groups in total. The molecule has 1 heterocycles. The van der Waals surface area contributed by atoms with Gasteiger partial charge in [0.05, 0.1) is 23.0 Å². The number of ether oxygens (including phenoxy) is 2. The highest BCUT2D eigenvalue weighted by Crippen LogP contribution is 2.30. The molecule has 1 saturated carbocycles. The Morgan fingerprint density at radius 1 is 1.30 bits per heavy atom. The molecule has 1 aromatic rings. The molecule has 10 heteroatoms. The highest BCUT2D eigenvalue weighted by atomic mass is 32.2. The molecular weight excluding hydrogens is 374 g/mol. The number of hydrogen-bond donors (Lipinski definition) is 1. The van der Waals surface area contributed by atoms with Gasteiger partial charge in [-0.3, -0.25) is 10.1 Å². The number of benzene rings is 1. The SMILES string of the molecule is O=[N+]([O-])c1cc(S(=O)(=O)N2CCOCC2)ccc1NCCCOCC1CC1. The van der Waals surface area contributed by atoms with Gasteiger partial charge < -0.3 is 14.8 Å². The molecular formula is C17H25N3O6S. The van der Waals surface area contributed by atoms with Gasteiger partial charge in [-0.25, -0.2) is 8.42 Å². The Morgan fingerprint density at radius 3 is 2.70 bits per heavy atom. The van der Waals surface area contributed by atoms with Crippen LogP contribution in [0.2, 0.25) is 0 Å². The molecule has 9 nitrogen and oxygen atoms in total. The van der Waals surface area contributed by atoms with Crippen molar-refractivity contribution in [1.82, 2.24) is 4.31 Å². The molecule has 3 rings (SSSR count). The number of morpholine rings is 1. The molecule has 0 bridgehead atoms. The summed E-state index contributed by atoms with van der Waals surface area (Å²) in [6.07, 6.45) is 3.20. The van der Waals surface area contributed by atoms with Gasteiger partial charge in [0.25, 0.3) is 5.69 Å². The third kappa shape index (κ3) is 5.38. The van der Waals surface area contributed by atoms with E-state index in [1.165, 1.54) is 29.3 Å². The Hall–Kier alpha value is -1.75. The first-order chi connectivity index (χ1) is 13.0. The number of nitro groups is 1. The maximum atomic E-state index is 12.7. The van der Waals surface area contributed by atoms with E-state index in [9.17, 15) is 18.5 Å². The van der Waals surface area contributed by atoms with Crippen molar-refractivity contribution in [3.05, 3.63) is 28.3 Å². The van der Waals surface area contributed by atoms with Gasteiger partial charge >= 0.3 is 0 Å². The largest absolute Gasteiger partial charge is 0.381 e. The number of nitrogens with one attached hydrogen (secondary N) is 1. The minimum Gasteiger partial charge on any atom is -0.381 e. The zero-order chi connectivity index (χ0) is 19.3. The highest BCUT2D eigenvalue weighted by molar-refractivity contribution is 7.89. The molecule has 1 saturated heterocycles. The van der Waals surface area contributed by atoms with Crippen molar-refractivity contribution < 1.29 is 22.8 Å². The minimum atomic E-state index is -3.77. The van der Waals surface area contributed by atoms with E-state index in [2.05, 4.69) is 5.32 Å². The van der Waals surface area contributed by atoms with Crippen LogP contribution >= 0.6 is 0 Å². The smallest absolute Gasteiger partial charge is 0.293 e. The number of hydrogen-bond acceptors (Lipinski definition) is 7. The molecule has 27 heavy (non-hydrogen) atoms. The summed E-state index contributed by atoms with van der Waals surface area (Å²) in [5.74, 6) is 0.708. The normalized spacial score (nSPS) is 18.4. The Labute approximate surface area is 158 Å². The van der Waals surface area contributed by atoms with E-state index in [1.54, 1.807) is 0 Å². The Morgan fingerprint density at radius 2 is 2.04 bits per heavy atom. The van der Waals surface area contributed by atoms with Gasteiger partial charge in [0.2, 0.25) is 10.0 Å². The molecule has 0 atom stereocenters. The lowest BCUT2D eigenvalue weighted by Crippen LogP contribution is -2.40. The second-order valence-corrected chi connectivity index (χ2v) is 8.69. The molecule has 0 radical (unpaired) electrons. The first kappa shape index (κ1) is 20.0. The Bertz CT molecular complexity index is 760. The molecule has 150 valence electrons. The summed E-state index contributed by atoms with van der Waals surface area (Å²) in [5, 5.41) is 14.4. The van der Waals surface area contributed by atoms with Crippen molar-refractivity contribution in [2.75, 3.05) is 51.4 Å². The predicted molar refractivity (Wildman–Crippen MR) is 99.3 cm³/mol. The van der Waals surface area contributed by atoms with Crippen LogP contribution < -0.4 is 5.32 Å². The predicted octanol–water partition coefficient (Wildman–Crippen LogP) is 1.84. The lowest BCUT2D eigenvalue weighted by Gasteiger charge is -2.26. The maximum absolute atomic E-state index is 12.7. The molecule has 2 fully saturated rings. The molecule has 0 spiro atoms. The fraction of sp³-hybridized carbons (Fsp3) is 0.647. The van der Waals surface area contributed by atoms with Crippen LogP contribution in [0.3, 0.4) is 0 Å². The highest BCUT2D eigenvalue weighted by Gasteiger charge is 2.28. The number of anilines is 1. The van der Waals surface area contributed by atoms with Crippen LogP contribution in [0.1, 0.15) is 19.3 Å². The van der Waals surface area contributed by atoms with Crippen molar-refractivity contribution in [2.45, 2.75) is 24.2 Å². The van der Waals surface area contributed by atoms with Crippen LogP contribution in [0.15, 0.2) is 23.1 Å². The van der Waals surface area contributed by atoms with Crippen LogP contribution in [0, 0.1) is 16.0 Å². The van der Waals surface area contributed by atoms with Gasteiger partial charge in [-0.1, -0.05) is 0 Å². The summed E-state index contributed by atoms with van der Waals surface area (Å²) in [7, 11) is -3.77. The quantitative estimate of drug-likeness (QED) is 0.363. The number of sulfonamides is 1. The standard InChI is InChI=1S/C17H25N3O6S/c21-20(22)17-12-15(27(23,24)19-7-10-25-11-8-19)4-5-16(17)18-6-1-9-26-13-14-2-3-14/h4-5,12,14,18H,1-3,6-11,13H2. The van der Waals surface area contributed by atoms with E-state index in [4.69, 9.17) is 9.47 Å². The summed E-state index contributed by atoms with van der Waals surface area (Å²) in [6, 6.07) is 3.98. The van der Waals surface area contributed by atoms with Gasteiger partial charge in [-0.05, 0) is 37.3 Å². The van der Waals surface area contributed by atoms with Crippen molar-refractivity contribution in [2.24, 2.45) is 5.92 Å². The third-order valence-corrected chi connectivity index (χ3v) is 6.50. The number of nitrogens with zero attached hydrogens (tertiary/aromatic N) is 2. The van der Waals surface area contributed by atoms with Crippen LogP contribution in [0.25, 0.3) is 0 Å². The molecule has 0 aromatic heterocycles. The second-order valence-electron chi connectivity index (χ2n) is 6.75. The summed E-state index contributed by atoms with van der Waals surface area (Å²) in [5.41, 5.74) is 0.0614. The fourth-order valence-corrected chi connectivity index (χ4v) is 4.27.